The lowest BCUT2D eigenvalue weighted by molar-refractivity contribution is 0.0935. The molecule has 0 radical (unpaired) electrons. The number of thiophene rings is 1. The van der Waals surface area contributed by atoms with Crippen LogP contribution in [0.25, 0.3) is 11.1 Å². The SMILES string of the molecule is CCC[C@H](NC(=O)c1c(C)oc2ncn(C)c(=O)c12)c1cccs1. The molecule has 24 heavy (non-hydrogen) atoms. The van der Waals surface area contributed by atoms with Crippen LogP contribution in [0.2, 0.25) is 0 Å². The van der Waals surface area contributed by atoms with Crippen LogP contribution in [0.3, 0.4) is 0 Å². The molecule has 1 N–H and O–H groups in total. The summed E-state index contributed by atoms with van der Waals surface area (Å²) in [5, 5.41) is 5.26. The molecule has 0 bridgehead atoms. The van der Waals surface area contributed by atoms with Gasteiger partial charge in [0.1, 0.15) is 17.5 Å². The third-order valence-electron chi connectivity index (χ3n) is 3.94. The van der Waals surface area contributed by atoms with E-state index < -0.39 is 0 Å². The van der Waals surface area contributed by atoms with Gasteiger partial charge in [-0.3, -0.25) is 9.59 Å². The molecule has 6 nitrogen and oxygen atoms in total. The minimum absolute atomic E-state index is 0.0765. The van der Waals surface area contributed by atoms with Crippen LogP contribution >= 0.6 is 11.3 Å². The van der Waals surface area contributed by atoms with E-state index in [0.717, 1.165) is 17.7 Å². The quantitative estimate of drug-likeness (QED) is 0.770. The maximum Gasteiger partial charge on any atom is 0.265 e. The van der Waals surface area contributed by atoms with Crippen LogP contribution in [0, 0.1) is 6.92 Å². The number of carbonyl (C=O) groups is 1. The Morgan fingerprint density at radius 1 is 1.50 bits per heavy atom. The molecule has 0 saturated carbocycles. The predicted octanol–water partition coefficient (Wildman–Crippen LogP) is 3.17. The van der Waals surface area contributed by atoms with Crippen molar-refractivity contribution in [2.24, 2.45) is 7.05 Å². The number of furan rings is 1. The van der Waals surface area contributed by atoms with Crippen molar-refractivity contribution in [3.63, 3.8) is 0 Å². The van der Waals surface area contributed by atoms with E-state index in [1.54, 1.807) is 25.3 Å². The van der Waals surface area contributed by atoms with Gasteiger partial charge in [0.05, 0.1) is 11.6 Å². The Bertz CT molecular complexity index is 925. The molecule has 126 valence electrons. The summed E-state index contributed by atoms with van der Waals surface area (Å²) in [5.74, 6) is 0.0999. The van der Waals surface area contributed by atoms with Crippen LogP contribution in [-0.2, 0) is 7.05 Å². The Morgan fingerprint density at radius 2 is 2.29 bits per heavy atom. The van der Waals surface area contributed by atoms with E-state index in [4.69, 9.17) is 4.42 Å². The largest absolute Gasteiger partial charge is 0.442 e. The maximum atomic E-state index is 12.8. The molecule has 0 unspecified atom stereocenters. The molecule has 0 aromatic carbocycles. The number of fused-ring (bicyclic) bond motifs is 1. The topological polar surface area (TPSA) is 77.1 Å². The van der Waals surface area contributed by atoms with Crippen molar-refractivity contribution >= 4 is 28.3 Å². The zero-order valence-corrected chi connectivity index (χ0v) is 14.6. The van der Waals surface area contributed by atoms with Gasteiger partial charge in [0.2, 0.25) is 5.71 Å². The average Bonchev–Trinajstić information content (AvgIpc) is 3.18. The van der Waals surface area contributed by atoms with Crippen molar-refractivity contribution < 1.29 is 9.21 Å². The monoisotopic (exact) mass is 345 g/mol. The molecule has 3 aromatic rings. The fourth-order valence-electron chi connectivity index (χ4n) is 2.75. The minimum atomic E-state index is -0.303. The number of nitrogens with zero attached hydrogens (tertiary/aromatic N) is 2. The van der Waals surface area contributed by atoms with Crippen molar-refractivity contribution in [3.05, 3.63) is 50.4 Å². The fourth-order valence-corrected chi connectivity index (χ4v) is 3.57. The smallest absolute Gasteiger partial charge is 0.265 e. The summed E-state index contributed by atoms with van der Waals surface area (Å²) < 4.78 is 6.85. The molecular formula is C17H19N3O3S. The first kappa shape index (κ1) is 16.4. The maximum absolute atomic E-state index is 12.8. The first-order chi connectivity index (χ1) is 11.5. The van der Waals surface area contributed by atoms with Crippen molar-refractivity contribution in [2.45, 2.75) is 32.7 Å². The van der Waals surface area contributed by atoms with E-state index in [-0.39, 0.29) is 34.2 Å². The average molecular weight is 345 g/mol. The number of aryl methyl sites for hydroxylation is 2. The number of aromatic nitrogens is 2. The normalized spacial score (nSPS) is 12.5. The van der Waals surface area contributed by atoms with Crippen molar-refractivity contribution in [3.8, 4) is 0 Å². The highest BCUT2D eigenvalue weighted by Gasteiger charge is 2.24. The molecule has 0 aliphatic rings. The highest BCUT2D eigenvalue weighted by Crippen LogP contribution is 2.26. The molecule has 0 aliphatic heterocycles. The van der Waals surface area contributed by atoms with Gasteiger partial charge in [0, 0.05) is 11.9 Å². The van der Waals surface area contributed by atoms with E-state index in [1.165, 1.54) is 10.9 Å². The lowest BCUT2D eigenvalue weighted by Gasteiger charge is -2.16. The number of hydrogen-bond donors (Lipinski definition) is 1. The molecule has 0 aliphatic carbocycles. The summed E-state index contributed by atoms with van der Waals surface area (Å²) in [6, 6.07) is 3.89. The van der Waals surface area contributed by atoms with Crippen LogP contribution in [-0.4, -0.2) is 15.5 Å². The third kappa shape index (κ3) is 2.87. The van der Waals surface area contributed by atoms with Crippen molar-refractivity contribution in [2.75, 3.05) is 0 Å². The first-order valence-corrected chi connectivity index (χ1v) is 8.69. The van der Waals surface area contributed by atoms with Crippen LogP contribution in [0.5, 0.6) is 0 Å². The molecule has 0 spiro atoms. The van der Waals surface area contributed by atoms with E-state index >= 15 is 0 Å². The first-order valence-electron chi connectivity index (χ1n) is 7.82. The summed E-state index contributed by atoms with van der Waals surface area (Å²) in [4.78, 5) is 30.4. The third-order valence-corrected chi connectivity index (χ3v) is 4.93. The zero-order valence-electron chi connectivity index (χ0n) is 13.8. The van der Waals surface area contributed by atoms with Crippen LogP contribution in [0.15, 0.2) is 33.1 Å². The summed E-state index contributed by atoms with van der Waals surface area (Å²) in [5.41, 5.74) is 0.186. The van der Waals surface area contributed by atoms with E-state index in [2.05, 4.69) is 17.2 Å². The Balaban J connectivity index is 2.01. The molecule has 7 heteroatoms. The van der Waals surface area contributed by atoms with Gasteiger partial charge < -0.3 is 14.3 Å². The Labute approximate surface area is 143 Å². The Kier molecular flexibility index (Phi) is 4.53. The summed E-state index contributed by atoms with van der Waals surface area (Å²) in [6.45, 7) is 3.75. The van der Waals surface area contributed by atoms with E-state index in [0.29, 0.717) is 5.76 Å². The Morgan fingerprint density at radius 3 is 2.96 bits per heavy atom. The summed E-state index contributed by atoms with van der Waals surface area (Å²) >= 11 is 1.61. The second-order valence-electron chi connectivity index (χ2n) is 5.70. The fraction of sp³-hybridized carbons (Fsp3) is 0.353. The van der Waals surface area contributed by atoms with Gasteiger partial charge in [-0.25, -0.2) is 4.98 Å². The minimum Gasteiger partial charge on any atom is -0.442 e. The number of nitrogens with one attached hydrogen (secondary N) is 1. The van der Waals surface area contributed by atoms with Crippen LogP contribution in [0.1, 0.15) is 46.8 Å². The van der Waals surface area contributed by atoms with Gasteiger partial charge in [-0.1, -0.05) is 19.4 Å². The zero-order chi connectivity index (χ0) is 17.3. The van der Waals surface area contributed by atoms with E-state index in [9.17, 15) is 9.59 Å². The summed E-state index contributed by atoms with van der Waals surface area (Å²) in [6.07, 6.45) is 3.16. The second-order valence-corrected chi connectivity index (χ2v) is 6.68. The van der Waals surface area contributed by atoms with Crippen molar-refractivity contribution in [1.82, 2.24) is 14.9 Å². The highest BCUT2D eigenvalue weighted by atomic mass is 32.1. The summed E-state index contributed by atoms with van der Waals surface area (Å²) in [7, 11) is 1.60. The molecule has 3 aromatic heterocycles. The molecule has 0 saturated heterocycles. The molecule has 1 amide bonds. The molecule has 3 rings (SSSR count). The van der Waals surface area contributed by atoms with Crippen LogP contribution < -0.4 is 10.9 Å². The highest BCUT2D eigenvalue weighted by molar-refractivity contribution is 7.10. The van der Waals surface area contributed by atoms with Gasteiger partial charge in [0.25, 0.3) is 11.5 Å². The molecule has 3 heterocycles. The number of rotatable bonds is 5. The lowest BCUT2D eigenvalue weighted by atomic mass is 10.1. The standard InChI is InChI=1S/C17H19N3O3S/c1-4-6-11(12-7-5-8-24-12)19-15(21)13-10(2)23-16-14(13)17(22)20(3)9-18-16/h5,7-9,11H,4,6H2,1-3H3,(H,19,21)/t11-/m0/s1. The van der Waals surface area contributed by atoms with Gasteiger partial charge in [-0.2, -0.15) is 0 Å². The number of amides is 1. The Hall–Kier alpha value is -2.41. The van der Waals surface area contributed by atoms with Crippen molar-refractivity contribution in [1.29, 1.82) is 0 Å². The molecule has 1 atom stereocenters. The van der Waals surface area contributed by atoms with Crippen LogP contribution in [0.4, 0.5) is 0 Å². The lowest BCUT2D eigenvalue weighted by Crippen LogP contribution is -2.29. The van der Waals surface area contributed by atoms with Gasteiger partial charge in [-0.05, 0) is 24.8 Å². The molecule has 0 fully saturated rings. The van der Waals surface area contributed by atoms with E-state index in [1.807, 2.05) is 17.5 Å². The van der Waals surface area contributed by atoms with Gasteiger partial charge >= 0.3 is 0 Å². The predicted molar refractivity (Wildman–Crippen MR) is 93.4 cm³/mol. The van der Waals surface area contributed by atoms with Gasteiger partial charge in [-0.15, -0.1) is 11.3 Å². The van der Waals surface area contributed by atoms with Gasteiger partial charge in [0.15, 0.2) is 0 Å². The number of carbonyl (C=O) groups excluding carboxylic acids is 1. The second kappa shape index (κ2) is 6.60. The molecular weight excluding hydrogens is 326 g/mol. The number of hydrogen-bond acceptors (Lipinski definition) is 5.